The van der Waals surface area contributed by atoms with Crippen molar-refractivity contribution in [3.05, 3.63) is 24.2 Å². The van der Waals surface area contributed by atoms with Crippen molar-refractivity contribution < 1.29 is 14.0 Å². The van der Waals surface area contributed by atoms with Gasteiger partial charge in [-0.3, -0.25) is 9.59 Å². The van der Waals surface area contributed by atoms with Gasteiger partial charge in [-0.2, -0.15) is 0 Å². The molecule has 1 aromatic heterocycles. The van der Waals surface area contributed by atoms with Crippen LogP contribution in [0.3, 0.4) is 0 Å². The summed E-state index contributed by atoms with van der Waals surface area (Å²) in [6.07, 6.45) is 2.18. The molecule has 0 spiro atoms. The molecule has 2 heterocycles. The molecule has 5 nitrogen and oxygen atoms in total. The number of nitrogens with zero attached hydrogens (tertiary/aromatic N) is 1. The summed E-state index contributed by atoms with van der Waals surface area (Å²) in [7, 11) is 0. The number of carbonyl (C=O) groups is 2. The largest absolute Gasteiger partial charge is 0.467 e. The van der Waals surface area contributed by atoms with E-state index in [1.807, 2.05) is 26.8 Å². The lowest BCUT2D eigenvalue weighted by Crippen LogP contribution is -2.64. The normalized spacial score (nSPS) is 23.9. The van der Waals surface area contributed by atoms with Gasteiger partial charge in [0, 0.05) is 0 Å². The van der Waals surface area contributed by atoms with Gasteiger partial charge in [-0.1, -0.05) is 20.8 Å². The first kappa shape index (κ1) is 13.6. The molecule has 19 heavy (non-hydrogen) atoms. The van der Waals surface area contributed by atoms with E-state index in [4.69, 9.17) is 4.42 Å². The van der Waals surface area contributed by atoms with Crippen LogP contribution in [0.15, 0.2) is 22.8 Å². The second kappa shape index (κ2) is 5.47. The maximum atomic E-state index is 12.4. The van der Waals surface area contributed by atoms with Gasteiger partial charge in [0.25, 0.3) is 0 Å². The molecule has 1 N–H and O–H groups in total. The van der Waals surface area contributed by atoms with Crippen molar-refractivity contribution in [1.82, 2.24) is 10.2 Å². The Bertz CT molecular complexity index is 453. The van der Waals surface area contributed by atoms with Crippen molar-refractivity contribution >= 4 is 11.8 Å². The lowest BCUT2D eigenvalue weighted by Gasteiger charge is -2.40. The van der Waals surface area contributed by atoms with E-state index in [0.717, 1.165) is 0 Å². The third-order valence-corrected chi connectivity index (χ3v) is 3.45. The zero-order valence-electron chi connectivity index (χ0n) is 11.6. The molecule has 2 rings (SSSR count). The van der Waals surface area contributed by atoms with E-state index in [-0.39, 0.29) is 17.7 Å². The Morgan fingerprint density at radius 1 is 1.42 bits per heavy atom. The smallest absolute Gasteiger partial charge is 0.246 e. The molecule has 0 saturated carbocycles. The maximum absolute atomic E-state index is 12.4. The molecule has 104 valence electrons. The summed E-state index contributed by atoms with van der Waals surface area (Å²) >= 11 is 0. The number of furan rings is 1. The van der Waals surface area contributed by atoms with E-state index in [0.29, 0.717) is 18.7 Å². The lowest BCUT2D eigenvalue weighted by molar-refractivity contribution is -0.152. The second-order valence-corrected chi connectivity index (χ2v) is 5.20. The molecule has 1 aromatic rings. The first-order chi connectivity index (χ1) is 9.04. The predicted octanol–water partition coefficient (Wildman–Crippen LogP) is 1.54. The number of hydrogen-bond donors (Lipinski definition) is 1. The molecule has 5 heteroatoms. The lowest BCUT2D eigenvalue weighted by atomic mass is 9.96. The van der Waals surface area contributed by atoms with Gasteiger partial charge in [0.2, 0.25) is 11.8 Å². The van der Waals surface area contributed by atoms with Crippen LogP contribution in [0.4, 0.5) is 0 Å². The number of nitrogens with one attached hydrogen (secondary N) is 1. The molecule has 2 amide bonds. The summed E-state index contributed by atoms with van der Waals surface area (Å²) in [5, 5.41) is 2.80. The number of piperazine rings is 1. The highest BCUT2D eigenvalue weighted by atomic mass is 16.3. The summed E-state index contributed by atoms with van der Waals surface area (Å²) < 4.78 is 5.29. The Morgan fingerprint density at radius 2 is 2.16 bits per heavy atom. The van der Waals surface area contributed by atoms with Crippen molar-refractivity contribution in [3.8, 4) is 0 Å². The average Bonchev–Trinajstić information content (AvgIpc) is 2.85. The van der Waals surface area contributed by atoms with Crippen LogP contribution in [0.5, 0.6) is 0 Å². The van der Waals surface area contributed by atoms with E-state index >= 15 is 0 Å². The van der Waals surface area contributed by atoms with Gasteiger partial charge in [0.1, 0.15) is 17.8 Å². The van der Waals surface area contributed by atoms with E-state index in [1.165, 1.54) is 0 Å². The Morgan fingerprint density at radius 3 is 2.68 bits per heavy atom. The van der Waals surface area contributed by atoms with Gasteiger partial charge in [-0.15, -0.1) is 0 Å². The summed E-state index contributed by atoms with van der Waals surface area (Å²) in [6, 6.07) is 2.75. The minimum atomic E-state index is -0.430. The molecule has 0 aliphatic carbocycles. The Hall–Kier alpha value is -1.78. The first-order valence-electron chi connectivity index (χ1n) is 6.67. The van der Waals surface area contributed by atoms with E-state index in [1.54, 1.807) is 17.2 Å². The van der Waals surface area contributed by atoms with Gasteiger partial charge < -0.3 is 14.6 Å². The van der Waals surface area contributed by atoms with Crippen molar-refractivity contribution in [3.63, 3.8) is 0 Å². The van der Waals surface area contributed by atoms with Gasteiger partial charge in [-0.05, 0) is 24.5 Å². The fourth-order valence-corrected chi connectivity index (χ4v) is 2.48. The molecule has 0 radical (unpaired) electrons. The fourth-order valence-electron chi connectivity index (χ4n) is 2.48. The molecule has 1 aliphatic heterocycles. The zero-order valence-corrected chi connectivity index (χ0v) is 11.6. The number of carbonyl (C=O) groups excluding carboxylic acids is 2. The maximum Gasteiger partial charge on any atom is 0.246 e. The average molecular weight is 264 g/mol. The van der Waals surface area contributed by atoms with Gasteiger partial charge in [0.15, 0.2) is 0 Å². The molecule has 0 aromatic carbocycles. The van der Waals surface area contributed by atoms with Crippen molar-refractivity contribution in [2.45, 2.75) is 45.8 Å². The number of amides is 2. The fraction of sp³-hybridized carbons (Fsp3) is 0.571. The monoisotopic (exact) mass is 264 g/mol. The molecule has 0 bridgehead atoms. The van der Waals surface area contributed by atoms with Crippen LogP contribution >= 0.6 is 0 Å². The number of rotatable bonds is 4. The first-order valence-corrected chi connectivity index (χ1v) is 6.67. The number of hydrogen-bond acceptors (Lipinski definition) is 3. The minimum absolute atomic E-state index is 0.0304. The standard InChI is InChI=1S/C14H20N2O3/c1-4-11-14(18)16(8-10-6-5-7-19-10)12(9(2)3)13(17)15-11/h5-7,9,11-12H,4,8H2,1-3H3,(H,15,17). The quantitative estimate of drug-likeness (QED) is 0.897. The van der Waals surface area contributed by atoms with E-state index in [9.17, 15) is 9.59 Å². The topological polar surface area (TPSA) is 62.6 Å². The van der Waals surface area contributed by atoms with Crippen molar-refractivity contribution in [2.75, 3.05) is 0 Å². The Balaban J connectivity index is 2.26. The molecule has 2 atom stereocenters. The minimum Gasteiger partial charge on any atom is -0.467 e. The molecule has 1 aliphatic rings. The van der Waals surface area contributed by atoms with Gasteiger partial charge >= 0.3 is 0 Å². The highest BCUT2D eigenvalue weighted by Crippen LogP contribution is 2.21. The van der Waals surface area contributed by atoms with Crippen LogP contribution in [-0.4, -0.2) is 28.8 Å². The molecule has 1 saturated heterocycles. The molecule has 2 unspecified atom stereocenters. The zero-order chi connectivity index (χ0) is 14.0. The van der Waals surface area contributed by atoms with E-state index in [2.05, 4.69) is 5.32 Å². The molecular weight excluding hydrogens is 244 g/mol. The third-order valence-electron chi connectivity index (χ3n) is 3.45. The summed E-state index contributed by atoms with van der Waals surface area (Å²) in [5.41, 5.74) is 0. The summed E-state index contributed by atoms with van der Waals surface area (Å²) in [5.74, 6) is 0.658. The molecule has 1 fully saturated rings. The highest BCUT2D eigenvalue weighted by Gasteiger charge is 2.41. The van der Waals surface area contributed by atoms with Crippen LogP contribution in [-0.2, 0) is 16.1 Å². The van der Waals surface area contributed by atoms with Crippen LogP contribution in [0, 0.1) is 5.92 Å². The van der Waals surface area contributed by atoms with E-state index < -0.39 is 12.1 Å². The summed E-state index contributed by atoms with van der Waals surface area (Å²) in [6.45, 7) is 6.13. The van der Waals surface area contributed by atoms with Crippen molar-refractivity contribution in [1.29, 1.82) is 0 Å². The summed E-state index contributed by atoms with van der Waals surface area (Å²) in [4.78, 5) is 26.2. The van der Waals surface area contributed by atoms with Crippen LogP contribution in [0.2, 0.25) is 0 Å². The van der Waals surface area contributed by atoms with Crippen molar-refractivity contribution in [2.24, 2.45) is 5.92 Å². The highest BCUT2D eigenvalue weighted by molar-refractivity contribution is 5.97. The Labute approximate surface area is 113 Å². The SMILES string of the molecule is CCC1NC(=O)C(C(C)C)N(Cc2ccco2)C1=O. The molecular formula is C14H20N2O3. The van der Waals surface area contributed by atoms with Crippen LogP contribution in [0.25, 0.3) is 0 Å². The Kier molecular flexibility index (Phi) is 3.93. The van der Waals surface area contributed by atoms with Crippen LogP contribution in [0.1, 0.15) is 33.0 Å². The third kappa shape index (κ3) is 2.64. The van der Waals surface area contributed by atoms with Crippen LogP contribution < -0.4 is 5.32 Å². The second-order valence-electron chi connectivity index (χ2n) is 5.20. The predicted molar refractivity (Wildman–Crippen MR) is 70.1 cm³/mol. The van der Waals surface area contributed by atoms with Gasteiger partial charge in [0.05, 0.1) is 12.8 Å². The van der Waals surface area contributed by atoms with Gasteiger partial charge in [-0.25, -0.2) is 0 Å².